The van der Waals surface area contributed by atoms with E-state index >= 15 is 0 Å². The molecule has 0 spiro atoms. The summed E-state index contributed by atoms with van der Waals surface area (Å²) in [6, 6.07) is 0. The van der Waals surface area contributed by atoms with E-state index in [9.17, 15) is 9.59 Å². The van der Waals surface area contributed by atoms with Gasteiger partial charge < -0.3 is 14.0 Å². The van der Waals surface area contributed by atoms with E-state index in [-0.39, 0.29) is 11.3 Å². The van der Waals surface area contributed by atoms with Gasteiger partial charge in [-0.3, -0.25) is 0 Å². The summed E-state index contributed by atoms with van der Waals surface area (Å²) in [6.07, 6.45) is 1.03. The molecule has 0 heterocycles. The zero-order chi connectivity index (χ0) is 14.3. The average Bonchev–Trinajstić information content (AvgIpc) is 2.30. The molecule has 0 fully saturated rings. The van der Waals surface area contributed by atoms with Gasteiger partial charge in [-0.05, 0) is 26.6 Å². The van der Waals surface area contributed by atoms with Crippen LogP contribution in [0.5, 0.6) is 0 Å². The average molecular weight is 273 g/mol. The van der Waals surface area contributed by atoms with Gasteiger partial charge >= 0.3 is 11.9 Å². The summed E-state index contributed by atoms with van der Waals surface area (Å²) in [5.41, 5.74) is 0.289. The van der Waals surface area contributed by atoms with E-state index in [1.165, 1.54) is 14.2 Å². The van der Waals surface area contributed by atoms with Crippen LogP contribution in [0.4, 0.5) is 0 Å². The summed E-state index contributed by atoms with van der Waals surface area (Å²) in [6.45, 7) is 7.41. The number of carbonyl (C=O) groups is 2. The molecule has 102 valence electrons. The Labute approximate surface area is 108 Å². The van der Waals surface area contributed by atoms with Crippen molar-refractivity contribution in [2.45, 2.75) is 26.6 Å². The van der Waals surface area contributed by atoms with Crippen molar-refractivity contribution in [2.24, 2.45) is 5.16 Å². The highest BCUT2D eigenvalue weighted by molar-refractivity contribution is 6.69. The van der Waals surface area contributed by atoms with E-state index in [4.69, 9.17) is 4.53 Å². The van der Waals surface area contributed by atoms with Crippen LogP contribution in [0.2, 0.25) is 19.6 Å². The topological polar surface area (TPSA) is 74.2 Å². The molecule has 0 aromatic heterocycles. The summed E-state index contributed by atoms with van der Waals surface area (Å²) >= 11 is 0. The van der Waals surface area contributed by atoms with Gasteiger partial charge in [0, 0.05) is 6.08 Å². The number of methoxy groups -OCH3 is 2. The predicted octanol–water partition coefficient (Wildman–Crippen LogP) is 1.49. The van der Waals surface area contributed by atoms with Crippen LogP contribution in [0.1, 0.15) is 6.92 Å². The molecule has 0 radical (unpaired) electrons. The number of oxime groups is 1. The second-order valence-corrected chi connectivity index (χ2v) is 8.86. The van der Waals surface area contributed by atoms with Gasteiger partial charge in [0.25, 0.3) is 8.32 Å². The van der Waals surface area contributed by atoms with Gasteiger partial charge in [-0.25, -0.2) is 9.59 Å². The van der Waals surface area contributed by atoms with E-state index in [0.717, 1.165) is 6.08 Å². The van der Waals surface area contributed by atoms with Crippen LogP contribution < -0.4 is 0 Å². The summed E-state index contributed by atoms with van der Waals surface area (Å²) in [4.78, 5) is 22.7. The van der Waals surface area contributed by atoms with Crippen LogP contribution in [0, 0.1) is 0 Å². The van der Waals surface area contributed by atoms with Crippen molar-refractivity contribution in [3.05, 3.63) is 11.6 Å². The predicted molar refractivity (Wildman–Crippen MR) is 69.7 cm³/mol. The third kappa shape index (κ3) is 6.19. The Hall–Kier alpha value is -1.63. The van der Waals surface area contributed by atoms with Crippen molar-refractivity contribution >= 4 is 26.0 Å². The third-order valence-corrected chi connectivity index (χ3v) is 2.35. The maximum Gasteiger partial charge on any atom is 0.340 e. The molecule has 18 heavy (non-hydrogen) atoms. The molecule has 0 saturated heterocycles. The fourth-order valence-corrected chi connectivity index (χ4v) is 1.26. The van der Waals surface area contributed by atoms with Gasteiger partial charge in [0.1, 0.15) is 0 Å². The van der Waals surface area contributed by atoms with E-state index in [1.807, 2.05) is 19.6 Å². The highest BCUT2D eigenvalue weighted by Crippen LogP contribution is 2.07. The lowest BCUT2D eigenvalue weighted by Crippen LogP contribution is -2.24. The van der Waals surface area contributed by atoms with Gasteiger partial charge in [0.05, 0.1) is 25.5 Å². The van der Waals surface area contributed by atoms with Gasteiger partial charge in [-0.1, -0.05) is 0 Å². The molecule has 0 aromatic rings. The summed E-state index contributed by atoms with van der Waals surface area (Å²) in [5, 5.41) is 3.85. The number of esters is 2. The number of nitrogens with zero attached hydrogens (tertiary/aromatic N) is 1. The van der Waals surface area contributed by atoms with Crippen molar-refractivity contribution in [1.29, 1.82) is 0 Å². The number of hydrogen-bond donors (Lipinski definition) is 0. The standard InChI is InChI=1S/C11H19NO5Si/c1-8(12-17-18(4,5)6)9(11(14)16-3)7-10(13)15-2/h7H,1-6H3/b9-7-,12-8+. The Morgan fingerprint density at radius 1 is 1.11 bits per heavy atom. The third-order valence-electron chi connectivity index (χ3n) is 1.71. The second-order valence-electron chi connectivity index (χ2n) is 4.45. The van der Waals surface area contributed by atoms with Gasteiger partial charge in [-0.2, -0.15) is 0 Å². The zero-order valence-electron chi connectivity index (χ0n) is 11.6. The van der Waals surface area contributed by atoms with Crippen LogP contribution in [-0.4, -0.2) is 40.2 Å². The molecule has 0 aliphatic heterocycles. The summed E-state index contributed by atoms with van der Waals surface area (Å²) in [5.74, 6) is -1.32. The highest BCUT2D eigenvalue weighted by Gasteiger charge is 2.19. The molecule has 0 aliphatic carbocycles. The molecule has 0 saturated carbocycles. The molecule has 0 bridgehead atoms. The molecular formula is C11H19NO5Si. The van der Waals surface area contributed by atoms with Gasteiger partial charge in [-0.15, -0.1) is 5.16 Å². The molecule has 6 nitrogen and oxygen atoms in total. The largest absolute Gasteiger partial charge is 0.466 e. The van der Waals surface area contributed by atoms with Crippen molar-refractivity contribution < 1.29 is 23.6 Å². The highest BCUT2D eigenvalue weighted by atomic mass is 28.4. The number of rotatable bonds is 5. The van der Waals surface area contributed by atoms with Crippen molar-refractivity contribution in [3.8, 4) is 0 Å². The molecule has 0 unspecified atom stereocenters. The monoisotopic (exact) mass is 273 g/mol. The molecule has 0 atom stereocenters. The Kier molecular flexibility index (Phi) is 6.32. The van der Waals surface area contributed by atoms with E-state index in [1.54, 1.807) is 6.92 Å². The number of hydrogen-bond acceptors (Lipinski definition) is 6. The van der Waals surface area contributed by atoms with E-state index in [0.29, 0.717) is 0 Å². The van der Waals surface area contributed by atoms with Crippen molar-refractivity contribution in [3.63, 3.8) is 0 Å². The lowest BCUT2D eigenvalue weighted by molar-refractivity contribution is -0.138. The Bertz CT molecular complexity index is 381. The minimum Gasteiger partial charge on any atom is -0.466 e. The molecule has 0 N–H and O–H groups in total. The fourth-order valence-electron chi connectivity index (χ4n) is 0.852. The minimum absolute atomic E-state index is 0.0163. The normalized spacial score (nSPS) is 13.0. The SMILES string of the molecule is COC(=O)/C=C(C(=O)OC)/C(C)=N/O[Si](C)(C)C. The zero-order valence-corrected chi connectivity index (χ0v) is 12.6. The first-order valence-electron chi connectivity index (χ1n) is 5.32. The first-order valence-corrected chi connectivity index (χ1v) is 8.73. The maximum atomic E-state index is 11.5. The Morgan fingerprint density at radius 2 is 1.67 bits per heavy atom. The first kappa shape index (κ1) is 16.4. The van der Waals surface area contributed by atoms with Crippen molar-refractivity contribution in [2.75, 3.05) is 14.2 Å². The van der Waals surface area contributed by atoms with Crippen LogP contribution in [0.25, 0.3) is 0 Å². The van der Waals surface area contributed by atoms with Crippen LogP contribution in [0.15, 0.2) is 16.8 Å². The van der Waals surface area contributed by atoms with Crippen LogP contribution in [-0.2, 0) is 23.6 Å². The minimum atomic E-state index is -1.84. The maximum absolute atomic E-state index is 11.5. The van der Waals surface area contributed by atoms with E-state index < -0.39 is 20.3 Å². The summed E-state index contributed by atoms with van der Waals surface area (Å²) < 4.78 is 14.3. The Balaban J connectivity index is 5.15. The van der Waals surface area contributed by atoms with Crippen LogP contribution in [0.3, 0.4) is 0 Å². The summed E-state index contributed by atoms with van der Waals surface area (Å²) in [7, 11) is 0.601. The second kappa shape index (κ2) is 6.95. The lowest BCUT2D eigenvalue weighted by atomic mass is 10.1. The van der Waals surface area contributed by atoms with Gasteiger partial charge in [0.2, 0.25) is 0 Å². The molecule has 0 aromatic carbocycles. The van der Waals surface area contributed by atoms with Gasteiger partial charge in [0.15, 0.2) is 0 Å². The molecular weight excluding hydrogens is 254 g/mol. The smallest absolute Gasteiger partial charge is 0.340 e. The van der Waals surface area contributed by atoms with Crippen LogP contribution >= 0.6 is 0 Å². The van der Waals surface area contributed by atoms with Crippen molar-refractivity contribution in [1.82, 2.24) is 0 Å². The molecule has 0 aliphatic rings. The lowest BCUT2D eigenvalue weighted by Gasteiger charge is -2.14. The molecule has 7 heteroatoms. The molecule has 0 amide bonds. The number of ether oxygens (including phenoxy) is 2. The number of carbonyl (C=O) groups excluding carboxylic acids is 2. The fraction of sp³-hybridized carbons (Fsp3) is 0.545. The quantitative estimate of drug-likeness (QED) is 0.249. The first-order chi connectivity index (χ1) is 8.21. The Morgan fingerprint density at radius 3 is 2.06 bits per heavy atom. The molecule has 0 rings (SSSR count). The van der Waals surface area contributed by atoms with E-state index in [2.05, 4.69) is 14.6 Å².